The number of hydrogen-bond acceptors (Lipinski definition) is 1. The summed E-state index contributed by atoms with van der Waals surface area (Å²) < 4.78 is 0. The summed E-state index contributed by atoms with van der Waals surface area (Å²) in [6, 6.07) is 0. The highest BCUT2D eigenvalue weighted by molar-refractivity contribution is 5.94. The maximum Gasteiger partial charge on any atom is 0.159 e. The van der Waals surface area contributed by atoms with E-state index in [1.807, 2.05) is 0 Å². The van der Waals surface area contributed by atoms with Crippen molar-refractivity contribution in [3.05, 3.63) is 11.6 Å². The van der Waals surface area contributed by atoms with Gasteiger partial charge in [0.1, 0.15) is 0 Å². The van der Waals surface area contributed by atoms with Crippen LogP contribution in [0.25, 0.3) is 0 Å². The lowest BCUT2D eigenvalue weighted by Crippen LogP contribution is -2.56. The number of fused-ring (bicyclic) bond motifs is 5. The summed E-state index contributed by atoms with van der Waals surface area (Å²) in [7, 11) is 0. The van der Waals surface area contributed by atoms with Gasteiger partial charge in [0.2, 0.25) is 0 Å². The molecule has 0 spiro atoms. The molecule has 0 aromatic rings. The Labute approximate surface area is 225 Å². The fourth-order valence-electron chi connectivity index (χ4n) is 10.7. The van der Waals surface area contributed by atoms with Gasteiger partial charge in [0.05, 0.1) is 0 Å². The zero-order valence-electron chi connectivity index (χ0n) is 26.0. The summed E-state index contributed by atoms with van der Waals surface area (Å²) in [5.41, 5.74) is 2.54. The van der Waals surface area contributed by atoms with Crippen molar-refractivity contribution in [3.63, 3.8) is 0 Å². The van der Waals surface area contributed by atoms with Gasteiger partial charge >= 0.3 is 0 Å². The summed E-state index contributed by atoms with van der Waals surface area (Å²) in [4.78, 5) is 13.7. The molecule has 0 N–H and O–H groups in total. The smallest absolute Gasteiger partial charge is 0.159 e. The molecule has 36 heavy (non-hydrogen) atoms. The minimum atomic E-state index is 0.170. The van der Waals surface area contributed by atoms with Gasteiger partial charge in [-0.1, -0.05) is 94.6 Å². The topological polar surface area (TPSA) is 17.1 Å². The van der Waals surface area contributed by atoms with Gasteiger partial charge in [-0.15, -0.1) is 0 Å². The van der Waals surface area contributed by atoms with E-state index in [2.05, 4.69) is 82.2 Å². The van der Waals surface area contributed by atoms with Crippen LogP contribution >= 0.6 is 0 Å². The van der Waals surface area contributed by atoms with Crippen LogP contribution in [-0.4, -0.2) is 5.78 Å². The Bertz CT molecular complexity index is 864. The molecule has 0 aromatic carbocycles. The second kappa shape index (κ2) is 9.55. The van der Waals surface area contributed by atoms with Crippen molar-refractivity contribution in [1.82, 2.24) is 0 Å². The molecule has 10 atom stereocenters. The minimum Gasteiger partial charge on any atom is -0.295 e. The van der Waals surface area contributed by atoms with Gasteiger partial charge in [-0.3, -0.25) is 4.79 Å². The second-order valence-electron chi connectivity index (χ2n) is 16.1. The van der Waals surface area contributed by atoms with Crippen LogP contribution in [0.2, 0.25) is 0 Å². The van der Waals surface area contributed by atoms with E-state index in [0.29, 0.717) is 28.4 Å². The lowest BCUT2D eigenvalue weighted by molar-refractivity contribution is -0.134. The zero-order valence-corrected chi connectivity index (χ0v) is 26.0. The van der Waals surface area contributed by atoms with Crippen LogP contribution in [-0.2, 0) is 4.79 Å². The zero-order chi connectivity index (χ0) is 26.8. The molecule has 0 radical (unpaired) electrons. The van der Waals surface area contributed by atoms with E-state index in [4.69, 9.17) is 0 Å². The van der Waals surface area contributed by atoms with Crippen molar-refractivity contribution >= 4 is 5.78 Å². The third kappa shape index (κ3) is 4.11. The van der Waals surface area contributed by atoms with Crippen molar-refractivity contribution < 1.29 is 4.79 Å². The number of carbonyl (C=O) groups excluding carboxylic acids is 1. The minimum absolute atomic E-state index is 0.170. The van der Waals surface area contributed by atoms with Crippen LogP contribution < -0.4 is 0 Å². The maximum absolute atomic E-state index is 13.7. The Hall–Kier alpha value is -0.590. The standard InChI is InChI=1S/C35H60O/c1-12-13-26(22(2)3)19-25(6)32(7,8)31-15-17-34(10)28-20-30(36)29-18-23(4)24(5)21-33(29,9)27(28)14-16-35(31,34)11/h20,22-27,29,31H,12-19,21H2,1-11H3/t23-,24+,25-,26-,27?,29+,31-,33-,34+,35-/m1/s1. The molecule has 4 aliphatic carbocycles. The summed E-state index contributed by atoms with van der Waals surface area (Å²) in [6.07, 6.45) is 13.8. The van der Waals surface area contributed by atoms with E-state index in [1.165, 1.54) is 51.4 Å². The lowest BCUT2D eigenvalue weighted by Gasteiger charge is -2.62. The molecule has 0 saturated heterocycles. The summed E-state index contributed by atoms with van der Waals surface area (Å²) in [5, 5.41) is 0. The maximum atomic E-state index is 13.7. The van der Waals surface area contributed by atoms with Crippen LogP contribution in [0.4, 0.5) is 0 Å². The molecule has 4 rings (SSSR count). The molecule has 3 fully saturated rings. The highest BCUT2D eigenvalue weighted by Crippen LogP contribution is 2.74. The fourth-order valence-corrected chi connectivity index (χ4v) is 10.7. The molecular formula is C35H60O. The normalized spacial score (nSPS) is 44.5. The van der Waals surface area contributed by atoms with Crippen molar-refractivity contribution in [2.45, 2.75) is 134 Å². The molecule has 0 bridgehead atoms. The quantitative estimate of drug-likeness (QED) is 0.342. The van der Waals surface area contributed by atoms with Gasteiger partial charge in [-0.25, -0.2) is 0 Å². The Kier molecular flexibility index (Phi) is 7.54. The molecule has 4 aliphatic rings. The van der Waals surface area contributed by atoms with Crippen LogP contribution in [0.3, 0.4) is 0 Å². The molecule has 1 heteroatoms. The van der Waals surface area contributed by atoms with E-state index in [9.17, 15) is 4.79 Å². The van der Waals surface area contributed by atoms with Crippen LogP contribution in [0.5, 0.6) is 0 Å². The first-order valence-electron chi connectivity index (χ1n) is 15.9. The van der Waals surface area contributed by atoms with Crippen molar-refractivity contribution in [3.8, 4) is 0 Å². The molecule has 3 saturated carbocycles. The molecule has 0 heterocycles. The van der Waals surface area contributed by atoms with Gasteiger partial charge in [0.25, 0.3) is 0 Å². The predicted octanol–water partition coefficient (Wildman–Crippen LogP) is 10.1. The van der Waals surface area contributed by atoms with E-state index in [0.717, 1.165) is 36.0 Å². The molecule has 206 valence electrons. The third-order valence-corrected chi connectivity index (χ3v) is 13.9. The second-order valence-corrected chi connectivity index (χ2v) is 16.1. The number of allylic oxidation sites excluding steroid dienone is 2. The first-order chi connectivity index (χ1) is 16.6. The Balaban J connectivity index is 1.65. The SMILES string of the molecule is CCC[C@H](C[C@@H](C)C(C)(C)[C@H]1CC[C@@]2(C)C3=CC(=O)[C@@H]4C[C@@H](C)[C@@H](C)C[C@]4(C)C3CC[C@]12C)C(C)C. The molecule has 0 amide bonds. The lowest BCUT2D eigenvalue weighted by atomic mass is 9.41. The highest BCUT2D eigenvalue weighted by Gasteiger charge is 2.66. The first-order valence-corrected chi connectivity index (χ1v) is 15.9. The van der Waals surface area contributed by atoms with Crippen LogP contribution in [0.15, 0.2) is 11.6 Å². The molecule has 0 aromatic heterocycles. The number of carbonyl (C=O) groups is 1. The Morgan fingerprint density at radius 3 is 2.28 bits per heavy atom. The molecule has 1 unspecified atom stereocenters. The average Bonchev–Trinajstić information content (AvgIpc) is 3.07. The van der Waals surface area contributed by atoms with Gasteiger partial charge in [0, 0.05) is 5.92 Å². The number of ketones is 1. The van der Waals surface area contributed by atoms with E-state index in [-0.39, 0.29) is 16.7 Å². The third-order valence-electron chi connectivity index (χ3n) is 13.9. The molecule has 0 aliphatic heterocycles. The summed E-state index contributed by atoms with van der Waals surface area (Å²) in [6.45, 7) is 27.6. The van der Waals surface area contributed by atoms with Crippen LogP contribution in [0, 0.1) is 69.0 Å². The fraction of sp³-hybridized carbons (Fsp3) is 0.914. The molecular weight excluding hydrogens is 436 g/mol. The monoisotopic (exact) mass is 496 g/mol. The number of rotatable bonds is 7. The first kappa shape index (κ1) is 28.4. The van der Waals surface area contributed by atoms with Gasteiger partial charge < -0.3 is 0 Å². The molecule has 1 nitrogen and oxygen atoms in total. The van der Waals surface area contributed by atoms with Gasteiger partial charge in [0.15, 0.2) is 5.78 Å². The van der Waals surface area contributed by atoms with Crippen LogP contribution in [0.1, 0.15) is 134 Å². The number of hydrogen-bond donors (Lipinski definition) is 0. The predicted molar refractivity (Wildman–Crippen MR) is 155 cm³/mol. The van der Waals surface area contributed by atoms with Gasteiger partial charge in [-0.05, 0) is 114 Å². The van der Waals surface area contributed by atoms with E-state index in [1.54, 1.807) is 5.57 Å². The van der Waals surface area contributed by atoms with Gasteiger partial charge in [-0.2, -0.15) is 0 Å². The van der Waals surface area contributed by atoms with E-state index < -0.39 is 0 Å². The van der Waals surface area contributed by atoms with Crippen molar-refractivity contribution in [1.29, 1.82) is 0 Å². The van der Waals surface area contributed by atoms with E-state index >= 15 is 0 Å². The van der Waals surface area contributed by atoms with Crippen molar-refractivity contribution in [2.24, 2.45) is 69.0 Å². The largest absolute Gasteiger partial charge is 0.295 e. The van der Waals surface area contributed by atoms with Crippen molar-refractivity contribution in [2.75, 3.05) is 0 Å². The highest BCUT2D eigenvalue weighted by atomic mass is 16.1. The Morgan fingerprint density at radius 2 is 1.67 bits per heavy atom. The average molecular weight is 497 g/mol. The summed E-state index contributed by atoms with van der Waals surface area (Å²) in [5.74, 6) is 5.81. The Morgan fingerprint density at radius 1 is 1.00 bits per heavy atom. The summed E-state index contributed by atoms with van der Waals surface area (Å²) >= 11 is 0.